The third kappa shape index (κ3) is 3.42. The maximum Gasteiger partial charge on any atom is 0.252 e. The van der Waals surface area contributed by atoms with E-state index in [0.717, 1.165) is 23.1 Å². The van der Waals surface area contributed by atoms with Gasteiger partial charge in [0.1, 0.15) is 0 Å². The molecule has 18 heavy (non-hydrogen) atoms. The molecular formula is C14H15NO2S. The van der Waals surface area contributed by atoms with E-state index in [1.54, 1.807) is 0 Å². The lowest BCUT2D eigenvalue weighted by Crippen LogP contribution is -2.25. The third-order valence-electron chi connectivity index (χ3n) is 2.69. The Morgan fingerprint density at radius 3 is 2.50 bits per heavy atom. The van der Waals surface area contributed by atoms with E-state index < -0.39 is 0 Å². The molecule has 2 rings (SSSR count). The van der Waals surface area contributed by atoms with E-state index in [1.807, 2.05) is 41.1 Å². The zero-order valence-electron chi connectivity index (χ0n) is 9.93. The molecule has 2 N–H and O–H groups in total. The van der Waals surface area contributed by atoms with E-state index in [2.05, 4.69) is 5.32 Å². The first kappa shape index (κ1) is 12.8. The van der Waals surface area contributed by atoms with Crippen LogP contribution >= 0.6 is 11.3 Å². The maximum absolute atomic E-state index is 11.7. The molecule has 2 aromatic rings. The largest absolute Gasteiger partial charge is 0.392 e. The molecule has 0 atom stereocenters. The van der Waals surface area contributed by atoms with E-state index in [-0.39, 0.29) is 12.5 Å². The van der Waals surface area contributed by atoms with Crippen molar-refractivity contribution in [3.8, 4) is 0 Å². The highest BCUT2D eigenvalue weighted by Gasteiger charge is 2.04. The second-order valence-electron chi connectivity index (χ2n) is 3.99. The minimum atomic E-state index is -0.0248. The van der Waals surface area contributed by atoms with Crippen LogP contribution in [-0.4, -0.2) is 17.6 Å². The quantitative estimate of drug-likeness (QED) is 0.867. The summed E-state index contributed by atoms with van der Waals surface area (Å²) in [5.74, 6) is -0.0248. The molecule has 0 saturated heterocycles. The molecule has 0 aliphatic carbocycles. The standard InChI is InChI=1S/C14H15NO2S/c16-9-12-3-1-11(2-4-12)5-7-15-14(17)13-6-8-18-10-13/h1-4,6,8,10,16H,5,7,9H2,(H,15,17). The first-order chi connectivity index (χ1) is 8.79. The van der Waals surface area contributed by atoms with Gasteiger partial charge in [0.2, 0.25) is 0 Å². The number of thiophene rings is 1. The van der Waals surface area contributed by atoms with Gasteiger partial charge in [-0.15, -0.1) is 0 Å². The first-order valence-corrected chi connectivity index (χ1v) is 6.73. The Bertz CT molecular complexity index is 491. The minimum absolute atomic E-state index is 0.0248. The lowest BCUT2D eigenvalue weighted by Gasteiger charge is -2.04. The SMILES string of the molecule is O=C(NCCc1ccc(CO)cc1)c1ccsc1. The van der Waals surface area contributed by atoms with Crippen molar-refractivity contribution < 1.29 is 9.90 Å². The number of nitrogens with one attached hydrogen (secondary N) is 1. The highest BCUT2D eigenvalue weighted by atomic mass is 32.1. The number of aliphatic hydroxyl groups excluding tert-OH is 1. The summed E-state index contributed by atoms with van der Waals surface area (Å²) in [5.41, 5.74) is 2.77. The van der Waals surface area contributed by atoms with E-state index in [9.17, 15) is 4.79 Å². The van der Waals surface area contributed by atoms with Crippen LogP contribution in [-0.2, 0) is 13.0 Å². The van der Waals surface area contributed by atoms with Crippen molar-refractivity contribution in [3.63, 3.8) is 0 Å². The first-order valence-electron chi connectivity index (χ1n) is 5.78. The average molecular weight is 261 g/mol. The molecule has 1 aromatic heterocycles. The summed E-state index contributed by atoms with van der Waals surface area (Å²) in [6.07, 6.45) is 0.793. The second kappa shape index (κ2) is 6.33. The van der Waals surface area contributed by atoms with Gasteiger partial charge in [-0.3, -0.25) is 4.79 Å². The number of rotatable bonds is 5. The maximum atomic E-state index is 11.7. The fraction of sp³-hybridized carbons (Fsp3) is 0.214. The van der Waals surface area contributed by atoms with Gasteiger partial charge in [0.05, 0.1) is 6.61 Å². The number of carbonyl (C=O) groups excluding carboxylic acids is 1. The van der Waals surface area contributed by atoms with E-state index in [0.29, 0.717) is 6.54 Å². The van der Waals surface area contributed by atoms with Crippen molar-refractivity contribution in [1.82, 2.24) is 5.32 Å². The topological polar surface area (TPSA) is 49.3 Å². The van der Waals surface area contributed by atoms with Crippen LogP contribution in [0.5, 0.6) is 0 Å². The van der Waals surface area contributed by atoms with Crippen LogP contribution in [0.1, 0.15) is 21.5 Å². The molecule has 1 aromatic carbocycles. The van der Waals surface area contributed by atoms with E-state index in [4.69, 9.17) is 5.11 Å². The van der Waals surface area contributed by atoms with Crippen molar-refractivity contribution >= 4 is 17.2 Å². The van der Waals surface area contributed by atoms with Crippen LogP contribution in [0.25, 0.3) is 0 Å². The Hall–Kier alpha value is -1.65. The molecule has 0 aliphatic heterocycles. The zero-order valence-corrected chi connectivity index (χ0v) is 10.7. The molecule has 4 heteroatoms. The van der Waals surface area contributed by atoms with Crippen molar-refractivity contribution in [2.45, 2.75) is 13.0 Å². The number of hydrogen-bond acceptors (Lipinski definition) is 3. The van der Waals surface area contributed by atoms with Crippen LogP contribution in [0.3, 0.4) is 0 Å². The third-order valence-corrected chi connectivity index (χ3v) is 3.37. The Morgan fingerprint density at radius 1 is 1.17 bits per heavy atom. The van der Waals surface area contributed by atoms with Crippen molar-refractivity contribution in [3.05, 3.63) is 57.8 Å². The van der Waals surface area contributed by atoms with Crippen LogP contribution in [0.2, 0.25) is 0 Å². The molecule has 1 heterocycles. The number of aliphatic hydroxyl groups is 1. The van der Waals surface area contributed by atoms with Gasteiger partial charge in [0.15, 0.2) is 0 Å². The lowest BCUT2D eigenvalue weighted by molar-refractivity contribution is 0.0954. The summed E-state index contributed by atoms with van der Waals surface area (Å²) in [6, 6.07) is 9.56. The highest BCUT2D eigenvalue weighted by molar-refractivity contribution is 7.08. The fourth-order valence-corrected chi connectivity index (χ4v) is 2.26. The number of carbonyl (C=O) groups is 1. The summed E-state index contributed by atoms with van der Waals surface area (Å²) in [7, 11) is 0. The monoisotopic (exact) mass is 261 g/mol. The molecule has 3 nitrogen and oxygen atoms in total. The van der Waals surface area contributed by atoms with Crippen molar-refractivity contribution in [2.75, 3.05) is 6.54 Å². The van der Waals surface area contributed by atoms with Crippen LogP contribution in [0, 0.1) is 0 Å². The summed E-state index contributed by atoms with van der Waals surface area (Å²) >= 11 is 1.52. The summed E-state index contributed by atoms with van der Waals surface area (Å²) < 4.78 is 0. The summed E-state index contributed by atoms with van der Waals surface area (Å²) in [4.78, 5) is 11.7. The predicted octanol–water partition coefficient (Wildman–Crippen LogP) is 2.21. The fourth-order valence-electron chi connectivity index (χ4n) is 1.63. The van der Waals surface area contributed by atoms with Gasteiger partial charge in [-0.25, -0.2) is 0 Å². The molecule has 0 unspecified atom stereocenters. The van der Waals surface area contributed by atoms with E-state index in [1.165, 1.54) is 11.3 Å². The smallest absolute Gasteiger partial charge is 0.252 e. The lowest BCUT2D eigenvalue weighted by atomic mass is 10.1. The Labute approximate surface area is 110 Å². The predicted molar refractivity (Wildman–Crippen MR) is 72.7 cm³/mol. The van der Waals surface area contributed by atoms with Crippen molar-refractivity contribution in [2.24, 2.45) is 0 Å². The number of hydrogen-bond donors (Lipinski definition) is 2. The molecule has 0 aliphatic rings. The highest BCUT2D eigenvalue weighted by Crippen LogP contribution is 2.06. The molecule has 94 valence electrons. The van der Waals surface area contributed by atoms with Gasteiger partial charge in [-0.05, 0) is 29.0 Å². The molecular weight excluding hydrogens is 246 g/mol. The molecule has 0 fully saturated rings. The second-order valence-corrected chi connectivity index (χ2v) is 4.77. The van der Waals surface area contributed by atoms with Gasteiger partial charge in [0, 0.05) is 17.5 Å². The van der Waals surface area contributed by atoms with Gasteiger partial charge in [-0.2, -0.15) is 11.3 Å². The summed E-state index contributed by atoms with van der Waals surface area (Å²) in [5, 5.41) is 15.5. The van der Waals surface area contributed by atoms with Crippen LogP contribution < -0.4 is 5.32 Å². The van der Waals surface area contributed by atoms with E-state index >= 15 is 0 Å². The molecule has 0 radical (unpaired) electrons. The molecule has 0 bridgehead atoms. The van der Waals surface area contributed by atoms with Gasteiger partial charge in [-0.1, -0.05) is 24.3 Å². The normalized spacial score (nSPS) is 10.3. The van der Waals surface area contributed by atoms with Crippen molar-refractivity contribution in [1.29, 1.82) is 0 Å². The Morgan fingerprint density at radius 2 is 1.89 bits per heavy atom. The van der Waals surface area contributed by atoms with Crippen LogP contribution in [0.4, 0.5) is 0 Å². The van der Waals surface area contributed by atoms with Gasteiger partial charge < -0.3 is 10.4 Å². The van der Waals surface area contributed by atoms with Crippen LogP contribution in [0.15, 0.2) is 41.1 Å². The Balaban J connectivity index is 1.79. The molecule has 0 saturated carbocycles. The molecule has 0 spiro atoms. The summed E-state index contributed by atoms with van der Waals surface area (Å²) in [6.45, 7) is 0.683. The number of benzene rings is 1. The Kier molecular flexibility index (Phi) is 4.50. The molecule has 1 amide bonds. The number of amides is 1. The van der Waals surface area contributed by atoms with Gasteiger partial charge >= 0.3 is 0 Å². The average Bonchev–Trinajstić information content (AvgIpc) is 2.93. The van der Waals surface area contributed by atoms with Gasteiger partial charge in [0.25, 0.3) is 5.91 Å². The zero-order chi connectivity index (χ0) is 12.8. The minimum Gasteiger partial charge on any atom is -0.392 e.